The number of hydrogen-bond acceptors (Lipinski definition) is 3. The standard InChI is InChI=1S/C16H12N2O2/c19-15-9-14(13-6-2-1-3-7-13)16(20)18(15)11-12-5-4-8-17-10-12/h1-10H,11H2. The molecule has 0 saturated carbocycles. The van der Waals surface area contributed by atoms with Gasteiger partial charge in [-0.1, -0.05) is 36.4 Å². The van der Waals surface area contributed by atoms with Gasteiger partial charge in [0, 0.05) is 18.5 Å². The van der Waals surface area contributed by atoms with E-state index < -0.39 is 0 Å². The highest BCUT2D eigenvalue weighted by Crippen LogP contribution is 2.24. The monoisotopic (exact) mass is 264 g/mol. The van der Waals surface area contributed by atoms with Gasteiger partial charge in [-0.2, -0.15) is 0 Å². The highest BCUT2D eigenvalue weighted by atomic mass is 16.2. The Hall–Kier alpha value is -2.75. The van der Waals surface area contributed by atoms with Gasteiger partial charge in [-0.3, -0.25) is 19.5 Å². The van der Waals surface area contributed by atoms with Crippen LogP contribution in [-0.4, -0.2) is 21.7 Å². The molecule has 0 radical (unpaired) electrons. The number of nitrogens with zero attached hydrogens (tertiary/aromatic N) is 2. The minimum absolute atomic E-state index is 0.248. The predicted octanol–water partition coefficient (Wildman–Crippen LogP) is 2.03. The van der Waals surface area contributed by atoms with Gasteiger partial charge in [-0.05, 0) is 17.2 Å². The minimum atomic E-state index is -0.280. The smallest absolute Gasteiger partial charge is 0.261 e. The zero-order chi connectivity index (χ0) is 13.9. The first-order valence-electron chi connectivity index (χ1n) is 6.27. The Balaban J connectivity index is 1.84. The summed E-state index contributed by atoms with van der Waals surface area (Å²) in [5.74, 6) is -0.539. The van der Waals surface area contributed by atoms with Crippen LogP contribution < -0.4 is 0 Å². The molecule has 1 aromatic heterocycles. The molecule has 0 N–H and O–H groups in total. The number of benzene rings is 1. The summed E-state index contributed by atoms with van der Waals surface area (Å²) in [5.41, 5.74) is 2.04. The average molecular weight is 264 g/mol. The number of carbonyl (C=O) groups is 2. The van der Waals surface area contributed by atoms with E-state index in [0.29, 0.717) is 5.57 Å². The number of rotatable bonds is 3. The van der Waals surface area contributed by atoms with Crippen molar-refractivity contribution >= 4 is 17.4 Å². The molecule has 98 valence electrons. The molecule has 0 aliphatic carbocycles. The average Bonchev–Trinajstić information content (AvgIpc) is 2.77. The van der Waals surface area contributed by atoms with Crippen LogP contribution in [0.3, 0.4) is 0 Å². The van der Waals surface area contributed by atoms with E-state index in [1.165, 1.54) is 11.0 Å². The first-order chi connectivity index (χ1) is 9.75. The third-order valence-corrected chi connectivity index (χ3v) is 3.16. The molecule has 0 atom stereocenters. The van der Waals surface area contributed by atoms with Crippen LogP contribution in [0, 0.1) is 0 Å². The minimum Gasteiger partial charge on any atom is -0.270 e. The SMILES string of the molecule is O=C1C=C(c2ccccc2)C(=O)N1Cc1cccnc1. The van der Waals surface area contributed by atoms with E-state index in [9.17, 15) is 9.59 Å². The fourth-order valence-corrected chi connectivity index (χ4v) is 2.16. The van der Waals surface area contributed by atoms with Gasteiger partial charge in [0.1, 0.15) is 0 Å². The Morgan fingerprint density at radius 3 is 2.50 bits per heavy atom. The maximum atomic E-state index is 12.3. The fourth-order valence-electron chi connectivity index (χ4n) is 2.16. The van der Waals surface area contributed by atoms with Gasteiger partial charge in [0.15, 0.2) is 0 Å². The molecule has 4 heteroatoms. The lowest BCUT2D eigenvalue weighted by Crippen LogP contribution is -2.30. The largest absolute Gasteiger partial charge is 0.270 e. The van der Waals surface area contributed by atoms with Crippen LogP contribution >= 0.6 is 0 Å². The second-order valence-electron chi connectivity index (χ2n) is 4.51. The first-order valence-corrected chi connectivity index (χ1v) is 6.27. The summed E-state index contributed by atoms with van der Waals surface area (Å²) in [4.78, 5) is 29.5. The molecule has 0 saturated heterocycles. The zero-order valence-electron chi connectivity index (χ0n) is 10.7. The maximum absolute atomic E-state index is 12.3. The van der Waals surface area contributed by atoms with Crippen LogP contribution in [0.2, 0.25) is 0 Å². The van der Waals surface area contributed by atoms with Crippen LogP contribution in [0.25, 0.3) is 5.57 Å². The van der Waals surface area contributed by atoms with Crippen LogP contribution in [0.15, 0.2) is 60.9 Å². The maximum Gasteiger partial charge on any atom is 0.261 e. The normalized spacial score (nSPS) is 14.6. The molecule has 1 aliphatic rings. The summed E-state index contributed by atoms with van der Waals surface area (Å²) in [7, 11) is 0. The third kappa shape index (κ3) is 2.23. The van der Waals surface area contributed by atoms with Gasteiger partial charge in [-0.25, -0.2) is 0 Å². The molecule has 0 unspecified atom stereocenters. The van der Waals surface area contributed by atoms with Crippen molar-refractivity contribution in [2.24, 2.45) is 0 Å². The quantitative estimate of drug-likeness (QED) is 0.797. The van der Waals surface area contributed by atoms with Crippen LogP contribution in [-0.2, 0) is 16.1 Å². The number of hydrogen-bond donors (Lipinski definition) is 0. The van der Waals surface area contributed by atoms with Gasteiger partial charge in [0.05, 0.1) is 12.1 Å². The molecular weight excluding hydrogens is 252 g/mol. The topological polar surface area (TPSA) is 50.3 Å². The van der Waals surface area contributed by atoms with E-state index >= 15 is 0 Å². The zero-order valence-corrected chi connectivity index (χ0v) is 10.7. The number of carbonyl (C=O) groups excluding carboxylic acids is 2. The summed E-state index contributed by atoms with van der Waals surface area (Å²) in [6.07, 6.45) is 4.71. The van der Waals surface area contributed by atoms with Gasteiger partial charge >= 0.3 is 0 Å². The van der Waals surface area contributed by atoms with Gasteiger partial charge in [0.2, 0.25) is 0 Å². The molecule has 2 amide bonds. The van der Waals surface area contributed by atoms with Gasteiger partial charge in [0.25, 0.3) is 11.8 Å². The Morgan fingerprint density at radius 1 is 1.00 bits per heavy atom. The molecule has 1 aromatic carbocycles. The van der Waals surface area contributed by atoms with E-state index in [1.54, 1.807) is 18.5 Å². The van der Waals surface area contributed by atoms with Crippen molar-refractivity contribution in [3.8, 4) is 0 Å². The summed E-state index contributed by atoms with van der Waals surface area (Å²) in [6, 6.07) is 12.8. The van der Waals surface area contributed by atoms with E-state index in [0.717, 1.165) is 11.1 Å². The summed E-state index contributed by atoms with van der Waals surface area (Å²) in [5, 5.41) is 0. The molecular formula is C16H12N2O2. The van der Waals surface area contributed by atoms with Crippen molar-refractivity contribution < 1.29 is 9.59 Å². The number of aromatic nitrogens is 1. The third-order valence-electron chi connectivity index (χ3n) is 3.16. The van der Waals surface area contributed by atoms with Crippen molar-refractivity contribution in [1.82, 2.24) is 9.88 Å². The van der Waals surface area contributed by atoms with Crippen molar-refractivity contribution in [2.75, 3.05) is 0 Å². The number of pyridine rings is 1. The first kappa shape index (κ1) is 12.3. The predicted molar refractivity (Wildman–Crippen MR) is 74.2 cm³/mol. The second-order valence-corrected chi connectivity index (χ2v) is 4.51. The second kappa shape index (κ2) is 5.09. The van der Waals surface area contributed by atoms with Crippen LogP contribution in [0.1, 0.15) is 11.1 Å². The lowest BCUT2D eigenvalue weighted by Gasteiger charge is -2.14. The van der Waals surface area contributed by atoms with E-state index in [1.807, 2.05) is 36.4 Å². The Morgan fingerprint density at radius 2 is 1.80 bits per heavy atom. The molecule has 0 bridgehead atoms. The van der Waals surface area contributed by atoms with Gasteiger partial charge in [-0.15, -0.1) is 0 Å². The Labute approximate surface area is 116 Å². The molecule has 3 rings (SSSR count). The molecule has 0 spiro atoms. The van der Waals surface area contributed by atoms with Crippen molar-refractivity contribution in [3.63, 3.8) is 0 Å². The van der Waals surface area contributed by atoms with Crippen LogP contribution in [0.5, 0.6) is 0 Å². The highest BCUT2D eigenvalue weighted by molar-refractivity contribution is 6.33. The van der Waals surface area contributed by atoms with E-state index in [-0.39, 0.29) is 18.4 Å². The molecule has 1 aliphatic heterocycles. The summed E-state index contributed by atoms with van der Waals surface area (Å²) in [6.45, 7) is 0.248. The summed E-state index contributed by atoms with van der Waals surface area (Å²) >= 11 is 0. The van der Waals surface area contributed by atoms with Crippen molar-refractivity contribution in [1.29, 1.82) is 0 Å². The molecule has 2 heterocycles. The van der Waals surface area contributed by atoms with E-state index in [2.05, 4.69) is 4.98 Å². The highest BCUT2D eigenvalue weighted by Gasteiger charge is 2.31. The van der Waals surface area contributed by atoms with Crippen LogP contribution in [0.4, 0.5) is 0 Å². The summed E-state index contributed by atoms with van der Waals surface area (Å²) < 4.78 is 0. The molecule has 20 heavy (non-hydrogen) atoms. The lowest BCUT2D eigenvalue weighted by molar-refractivity contribution is -0.137. The molecule has 2 aromatic rings. The number of imide groups is 1. The van der Waals surface area contributed by atoms with E-state index in [4.69, 9.17) is 0 Å². The Bertz CT molecular complexity index is 678. The van der Waals surface area contributed by atoms with Gasteiger partial charge < -0.3 is 0 Å². The molecule has 0 fully saturated rings. The number of amides is 2. The lowest BCUT2D eigenvalue weighted by atomic mass is 10.1. The Kier molecular flexibility index (Phi) is 3.13. The van der Waals surface area contributed by atoms with Crippen molar-refractivity contribution in [2.45, 2.75) is 6.54 Å². The fraction of sp³-hybridized carbons (Fsp3) is 0.0625. The van der Waals surface area contributed by atoms with Crippen molar-refractivity contribution in [3.05, 3.63) is 72.1 Å². The molecule has 4 nitrogen and oxygen atoms in total.